The molecule has 0 bridgehead atoms. The fourth-order valence-corrected chi connectivity index (χ4v) is 7.10. The number of ether oxygens (including phenoxy) is 3. The molecule has 0 N–H and O–H groups in total. The van der Waals surface area contributed by atoms with E-state index >= 15 is 0 Å². The van der Waals surface area contributed by atoms with Crippen molar-refractivity contribution in [2.75, 3.05) is 13.2 Å². The number of unbranched alkanes of at least 4 members (excludes halogenated alkanes) is 17. The molecule has 6 heteroatoms. The van der Waals surface area contributed by atoms with Crippen molar-refractivity contribution >= 4 is 17.9 Å². The zero-order chi connectivity index (χ0) is 49.3. The Morgan fingerprint density at radius 1 is 0.309 bits per heavy atom. The van der Waals surface area contributed by atoms with Crippen LogP contribution in [0.25, 0.3) is 0 Å². The number of hydrogen-bond acceptors (Lipinski definition) is 6. The fourth-order valence-electron chi connectivity index (χ4n) is 7.10. The smallest absolute Gasteiger partial charge is 0.306 e. The van der Waals surface area contributed by atoms with Gasteiger partial charge >= 0.3 is 17.9 Å². The summed E-state index contributed by atoms with van der Waals surface area (Å²) in [5.74, 6) is -0.982. The van der Waals surface area contributed by atoms with Crippen LogP contribution in [0.15, 0.2) is 122 Å². The van der Waals surface area contributed by atoms with Crippen LogP contribution < -0.4 is 0 Å². The van der Waals surface area contributed by atoms with Crippen molar-refractivity contribution in [3.63, 3.8) is 0 Å². The van der Waals surface area contributed by atoms with Gasteiger partial charge in [-0.1, -0.05) is 206 Å². The molecule has 0 spiro atoms. The van der Waals surface area contributed by atoms with Gasteiger partial charge in [-0.2, -0.15) is 0 Å². The molecule has 0 aliphatic carbocycles. The van der Waals surface area contributed by atoms with E-state index in [0.717, 1.165) is 135 Å². The minimum Gasteiger partial charge on any atom is -0.462 e. The van der Waals surface area contributed by atoms with Crippen molar-refractivity contribution in [2.24, 2.45) is 0 Å². The lowest BCUT2D eigenvalue weighted by atomic mass is 10.1. The van der Waals surface area contributed by atoms with Crippen LogP contribution in [0, 0.1) is 0 Å². The standard InChI is InChI=1S/C62H100O6/c1-4-7-10-13-16-19-22-25-27-29-31-33-34-37-40-43-46-49-52-55-61(64)67-58-59(57-66-60(63)54-51-48-45-42-39-36-24-21-18-15-12-9-6-3)68-62(65)56-53-50-47-44-41-38-35-32-30-28-26-23-20-17-14-11-8-5-2/h7,9-10,12,16,18-21,23,25,27-28,30-31,33,36-37,39-40,59H,4-6,8,11,13-15,17,22,24,26,29,32,34-35,38,41-58H2,1-3H3/b10-7-,12-9-,19-16-,21-18-,23-20-,27-25-,30-28-,33-31-,39-36-,40-37-. The summed E-state index contributed by atoms with van der Waals surface area (Å²) in [5.41, 5.74) is 0. The third kappa shape index (κ3) is 52.8. The average Bonchev–Trinajstić information content (AvgIpc) is 3.34. The largest absolute Gasteiger partial charge is 0.462 e. The normalized spacial score (nSPS) is 13.0. The predicted molar refractivity (Wildman–Crippen MR) is 293 cm³/mol. The SMILES string of the molecule is CC/C=C\C/C=C\C/C=C\C/C=C\C/C=C\CCCCCC(=O)OCC(COC(=O)CCCCC/C=C\C/C=C\C/C=C\CC)OC(=O)CCCCCCCCC/C=C\C/C=C\CCCCCC. The Morgan fingerprint density at radius 3 is 0.912 bits per heavy atom. The van der Waals surface area contributed by atoms with E-state index < -0.39 is 6.10 Å². The van der Waals surface area contributed by atoms with E-state index in [-0.39, 0.29) is 31.1 Å². The van der Waals surface area contributed by atoms with Gasteiger partial charge in [0.15, 0.2) is 6.10 Å². The molecule has 0 aliphatic rings. The molecule has 0 aromatic carbocycles. The number of esters is 3. The van der Waals surface area contributed by atoms with E-state index in [1.54, 1.807) is 0 Å². The van der Waals surface area contributed by atoms with Crippen LogP contribution in [0.1, 0.15) is 233 Å². The van der Waals surface area contributed by atoms with Crippen molar-refractivity contribution in [3.05, 3.63) is 122 Å². The average molecular weight is 941 g/mol. The molecule has 0 saturated heterocycles. The quantitative estimate of drug-likeness (QED) is 0.0262. The Balaban J connectivity index is 4.50. The molecule has 0 amide bonds. The lowest BCUT2D eigenvalue weighted by Gasteiger charge is -2.18. The zero-order valence-electron chi connectivity index (χ0n) is 43.8. The first-order chi connectivity index (χ1) is 33.5. The van der Waals surface area contributed by atoms with Gasteiger partial charge in [0.1, 0.15) is 13.2 Å². The van der Waals surface area contributed by atoms with Crippen molar-refractivity contribution in [2.45, 2.75) is 239 Å². The van der Waals surface area contributed by atoms with Gasteiger partial charge in [-0.05, 0) is 128 Å². The number of rotatable bonds is 48. The van der Waals surface area contributed by atoms with E-state index in [1.807, 2.05) is 0 Å². The summed E-state index contributed by atoms with van der Waals surface area (Å²) >= 11 is 0. The molecule has 0 rings (SSSR count). The lowest BCUT2D eigenvalue weighted by Crippen LogP contribution is -2.30. The monoisotopic (exact) mass is 941 g/mol. The first kappa shape index (κ1) is 63.8. The summed E-state index contributed by atoms with van der Waals surface area (Å²) in [5, 5.41) is 0. The van der Waals surface area contributed by atoms with Crippen LogP contribution >= 0.6 is 0 Å². The number of allylic oxidation sites excluding steroid dienone is 20. The molecule has 0 saturated carbocycles. The summed E-state index contributed by atoms with van der Waals surface area (Å²) in [6.07, 6.45) is 76.1. The fraction of sp³-hybridized carbons (Fsp3) is 0.629. The Labute approximate surface area is 418 Å². The molecular formula is C62H100O6. The second-order valence-corrected chi connectivity index (χ2v) is 17.7. The Bertz CT molecular complexity index is 1450. The second kappa shape index (κ2) is 55.4. The van der Waals surface area contributed by atoms with Gasteiger partial charge < -0.3 is 14.2 Å². The molecule has 384 valence electrons. The van der Waals surface area contributed by atoms with Crippen LogP contribution in [0.2, 0.25) is 0 Å². The van der Waals surface area contributed by atoms with Gasteiger partial charge in [0, 0.05) is 19.3 Å². The van der Waals surface area contributed by atoms with E-state index in [1.165, 1.54) is 57.8 Å². The maximum absolute atomic E-state index is 12.8. The maximum Gasteiger partial charge on any atom is 0.306 e. The summed E-state index contributed by atoms with van der Waals surface area (Å²) < 4.78 is 16.8. The number of carbonyl (C=O) groups excluding carboxylic acids is 3. The minimum atomic E-state index is -0.812. The Hall–Kier alpha value is -4.19. The summed E-state index contributed by atoms with van der Waals surface area (Å²) in [6, 6.07) is 0. The third-order valence-corrected chi connectivity index (χ3v) is 11.2. The first-order valence-corrected chi connectivity index (χ1v) is 27.5. The first-order valence-electron chi connectivity index (χ1n) is 27.5. The van der Waals surface area contributed by atoms with E-state index in [4.69, 9.17) is 14.2 Å². The molecule has 0 radical (unpaired) electrons. The van der Waals surface area contributed by atoms with Crippen molar-refractivity contribution in [1.82, 2.24) is 0 Å². The van der Waals surface area contributed by atoms with Gasteiger partial charge in [0.2, 0.25) is 0 Å². The molecule has 0 aliphatic heterocycles. The highest BCUT2D eigenvalue weighted by molar-refractivity contribution is 5.71. The van der Waals surface area contributed by atoms with E-state index in [2.05, 4.69) is 142 Å². The van der Waals surface area contributed by atoms with Gasteiger partial charge in [-0.3, -0.25) is 14.4 Å². The number of carbonyl (C=O) groups is 3. The van der Waals surface area contributed by atoms with Gasteiger partial charge in [-0.25, -0.2) is 0 Å². The number of hydrogen-bond donors (Lipinski definition) is 0. The third-order valence-electron chi connectivity index (χ3n) is 11.2. The maximum atomic E-state index is 12.8. The highest BCUT2D eigenvalue weighted by Gasteiger charge is 2.19. The zero-order valence-corrected chi connectivity index (χ0v) is 43.8. The second-order valence-electron chi connectivity index (χ2n) is 17.7. The Morgan fingerprint density at radius 2 is 0.574 bits per heavy atom. The van der Waals surface area contributed by atoms with Crippen molar-refractivity contribution in [3.8, 4) is 0 Å². The molecule has 0 aromatic heterocycles. The molecule has 0 aromatic rings. The Kier molecular flexibility index (Phi) is 52.0. The molecular weight excluding hydrogens is 841 g/mol. The highest BCUT2D eigenvalue weighted by Crippen LogP contribution is 2.13. The van der Waals surface area contributed by atoms with Crippen LogP contribution in [0.3, 0.4) is 0 Å². The van der Waals surface area contributed by atoms with Crippen LogP contribution in [-0.4, -0.2) is 37.2 Å². The molecule has 1 atom stereocenters. The molecule has 0 heterocycles. The van der Waals surface area contributed by atoms with Crippen LogP contribution in [-0.2, 0) is 28.6 Å². The molecule has 6 nitrogen and oxygen atoms in total. The minimum absolute atomic E-state index is 0.111. The van der Waals surface area contributed by atoms with Crippen LogP contribution in [0.4, 0.5) is 0 Å². The van der Waals surface area contributed by atoms with E-state index in [9.17, 15) is 14.4 Å². The molecule has 1 unspecified atom stereocenters. The van der Waals surface area contributed by atoms with Crippen molar-refractivity contribution < 1.29 is 28.6 Å². The lowest BCUT2D eigenvalue weighted by molar-refractivity contribution is -0.167. The predicted octanol–water partition coefficient (Wildman–Crippen LogP) is 18.5. The van der Waals surface area contributed by atoms with E-state index in [0.29, 0.717) is 19.3 Å². The van der Waals surface area contributed by atoms with Crippen LogP contribution in [0.5, 0.6) is 0 Å². The van der Waals surface area contributed by atoms with Gasteiger partial charge in [0.25, 0.3) is 0 Å². The summed E-state index contributed by atoms with van der Waals surface area (Å²) in [7, 11) is 0. The van der Waals surface area contributed by atoms with Crippen molar-refractivity contribution in [1.29, 1.82) is 0 Å². The summed E-state index contributed by atoms with van der Waals surface area (Å²) in [6.45, 7) is 6.32. The topological polar surface area (TPSA) is 78.9 Å². The van der Waals surface area contributed by atoms with Gasteiger partial charge in [-0.15, -0.1) is 0 Å². The van der Waals surface area contributed by atoms with Gasteiger partial charge in [0.05, 0.1) is 0 Å². The summed E-state index contributed by atoms with van der Waals surface area (Å²) in [4.78, 5) is 38.1. The highest BCUT2D eigenvalue weighted by atomic mass is 16.6. The molecule has 68 heavy (non-hydrogen) atoms. The molecule has 0 fully saturated rings.